The molecule has 1 aromatic heterocycles. The van der Waals surface area contributed by atoms with Gasteiger partial charge in [-0.05, 0) is 34.1 Å². The second-order valence-corrected chi connectivity index (χ2v) is 5.05. The normalized spacial score (nSPS) is 10.8. The lowest BCUT2D eigenvalue weighted by Gasteiger charge is -2.10. The third kappa shape index (κ3) is 4.39. The van der Waals surface area contributed by atoms with E-state index in [1.165, 1.54) is 18.2 Å². The van der Waals surface area contributed by atoms with Gasteiger partial charge in [-0.2, -0.15) is 0 Å². The Labute approximate surface area is 129 Å². The van der Waals surface area contributed by atoms with Crippen LogP contribution < -0.4 is 4.74 Å². The van der Waals surface area contributed by atoms with Gasteiger partial charge < -0.3 is 9.84 Å². The molecule has 108 valence electrons. The lowest BCUT2D eigenvalue weighted by Crippen LogP contribution is -2.00. The summed E-state index contributed by atoms with van der Waals surface area (Å²) >= 11 is 3.29. The summed E-state index contributed by atoms with van der Waals surface area (Å²) in [4.78, 5) is 14.5. The molecule has 0 unspecified atom stereocenters. The predicted molar refractivity (Wildman–Crippen MR) is 79.3 cm³/mol. The van der Waals surface area contributed by atoms with Gasteiger partial charge in [0.1, 0.15) is 6.61 Å². The second kappa shape index (κ2) is 6.99. The first-order valence-electron chi connectivity index (χ1n) is 5.98. The molecule has 1 heterocycles. The number of nitrogens with zero attached hydrogens (tertiary/aromatic N) is 1. The van der Waals surface area contributed by atoms with Crippen LogP contribution in [0.2, 0.25) is 0 Å². The molecular weight excluding hydrogens is 341 g/mol. The standard InChI is InChI=1S/C15H11BrFNO3/c16-12-6-10(7-18-8-12)9-21-15-11(4-5-14(19)20)2-1-3-13(15)17/h1-8H,9H2,(H,19,20)/b5-4+. The number of hydrogen-bond donors (Lipinski definition) is 1. The first kappa shape index (κ1) is 15.2. The van der Waals surface area contributed by atoms with Crippen LogP contribution in [0.1, 0.15) is 11.1 Å². The molecular formula is C15H11BrFNO3. The van der Waals surface area contributed by atoms with E-state index < -0.39 is 11.8 Å². The zero-order chi connectivity index (χ0) is 15.2. The lowest BCUT2D eigenvalue weighted by molar-refractivity contribution is -0.131. The number of para-hydroxylation sites is 1. The van der Waals surface area contributed by atoms with Gasteiger partial charge in [-0.25, -0.2) is 9.18 Å². The Morgan fingerprint density at radius 2 is 2.24 bits per heavy atom. The smallest absolute Gasteiger partial charge is 0.328 e. The van der Waals surface area contributed by atoms with Crippen molar-refractivity contribution in [2.24, 2.45) is 0 Å². The molecule has 0 atom stereocenters. The van der Waals surface area contributed by atoms with E-state index in [0.717, 1.165) is 16.1 Å². The SMILES string of the molecule is O=C(O)/C=C/c1cccc(F)c1OCc1cncc(Br)c1. The third-order valence-corrected chi connectivity index (χ3v) is 2.98. The number of benzene rings is 1. The maximum Gasteiger partial charge on any atom is 0.328 e. The first-order chi connectivity index (χ1) is 10.1. The molecule has 0 aliphatic heterocycles. The molecule has 21 heavy (non-hydrogen) atoms. The Hall–Kier alpha value is -2.21. The molecule has 2 rings (SSSR count). The maximum absolute atomic E-state index is 13.8. The Morgan fingerprint density at radius 1 is 1.43 bits per heavy atom. The minimum atomic E-state index is -1.11. The topological polar surface area (TPSA) is 59.4 Å². The Morgan fingerprint density at radius 3 is 2.95 bits per heavy atom. The summed E-state index contributed by atoms with van der Waals surface area (Å²) in [5.41, 5.74) is 1.13. The van der Waals surface area contributed by atoms with Gasteiger partial charge in [0.05, 0.1) is 0 Å². The van der Waals surface area contributed by atoms with E-state index in [-0.39, 0.29) is 12.4 Å². The number of hydrogen-bond acceptors (Lipinski definition) is 3. The largest absolute Gasteiger partial charge is 0.485 e. The lowest BCUT2D eigenvalue weighted by atomic mass is 10.1. The Bertz CT molecular complexity index is 688. The van der Waals surface area contributed by atoms with Crippen LogP contribution in [-0.2, 0) is 11.4 Å². The molecule has 0 aliphatic rings. The van der Waals surface area contributed by atoms with Gasteiger partial charge in [0.15, 0.2) is 11.6 Å². The average Bonchev–Trinajstić information content (AvgIpc) is 2.44. The molecule has 1 N–H and O–H groups in total. The quantitative estimate of drug-likeness (QED) is 0.835. The number of pyridine rings is 1. The zero-order valence-corrected chi connectivity index (χ0v) is 12.4. The van der Waals surface area contributed by atoms with Crippen LogP contribution >= 0.6 is 15.9 Å². The van der Waals surface area contributed by atoms with Gasteiger partial charge in [0.2, 0.25) is 0 Å². The molecule has 1 aromatic carbocycles. The van der Waals surface area contributed by atoms with Crippen molar-refractivity contribution in [3.8, 4) is 5.75 Å². The highest BCUT2D eigenvalue weighted by Crippen LogP contribution is 2.25. The highest BCUT2D eigenvalue weighted by molar-refractivity contribution is 9.10. The van der Waals surface area contributed by atoms with E-state index >= 15 is 0 Å². The summed E-state index contributed by atoms with van der Waals surface area (Å²) < 4.78 is 20.1. The van der Waals surface area contributed by atoms with Crippen molar-refractivity contribution < 1.29 is 19.0 Å². The van der Waals surface area contributed by atoms with Crippen LogP contribution in [0.4, 0.5) is 4.39 Å². The molecule has 4 nitrogen and oxygen atoms in total. The van der Waals surface area contributed by atoms with Crippen molar-refractivity contribution in [2.75, 3.05) is 0 Å². The Kier molecular flexibility index (Phi) is 5.05. The number of carbonyl (C=O) groups is 1. The molecule has 0 radical (unpaired) electrons. The maximum atomic E-state index is 13.8. The second-order valence-electron chi connectivity index (χ2n) is 4.13. The van der Waals surface area contributed by atoms with E-state index in [1.54, 1.807) is 24.5 Å². The number of aromatic nitrogens is 1. The Balaban J connectivity index is 2.20. The summed E-state index contributed by atoms with van der Waals surface area (Å²) in [5, 5.41) is 8.64. The van der Waals surface area contributed by atoms with Crippen LogP contribution in [0, 0.1) is 5.82 Å². The summed E-state index contributed by atoms with van der Waals surface area (Å²) in [6.07, 6.45) is 5.47. The minimum Gasteiger partial charge on any atom is -0.485 e. The molecule has 0 saturated heterocycles. The van der Waals surface area contributed by atoms with Crippen molar-refractivity contribution in [2.45, 2.75) is 6.61 Å². The molecule has 0 aliphatic carbocycles. The van der Waals surface area contributed by atoms with E-state index in [4.69, 9.17) is 9.84 Å². The van der Waals surface area contributed by atoms with Gasteiger partial charge in [-0.3, -0.25) is 4.98 Å². The van der Waals surface area contributed by atoms with Gasteiger partial charge in [-0.1, -0.05) is 12.1 Å². The number of ether oxygens (including phenoxy) is 1. The summed E-state index contributed by atoms with van der Waals surface area (Å²) in [6, 6.07) is 6.13. The summed E-state index contributed by atoms with van der Waals surface area (Å²) in [7, 11) is 0. The fraction of sp³-hybridized carbons (Fsp3) is 0.0667. The van der Waals surface area contributed by atoms with Crippen molar-refractivity contribution in [1.29, 1.82) is 0 Å². The average molecular weight is 352 g/mol. The van der Waals surface area contributed by atoms with Crippen molar-refractivity contribution >= 4 is 28.0 Å². The van der Waals surface area contributed by atoms with Crippen LogP contribution in [0.15, 0.2) is 47.2 Å². The first-order valence-corrected chi connectivity index (χ1v) is 6.77. The number of halogens is 2. The number of carboxylic acid groups (broad SMARTS) is 1. The summed E-state index contributed by atoms with van der Waals surface area (Å²) in [5.74, 6) is -1.65. The number of aliphatic carboxylic acids is 1. The van der Waals surface area contributed by atoms with Crippen LogP contribution in [0.5, 0.6) is 5.75 Å². The molecule has 2 aromatic rings. The van der Waals surface area contributed by atoms with Crippen LogP contribution in [0.25, 0.3) is 6.08 Å². The minimum absolute atomic E-state index is 0.00924. The van der Waals surface area contributed by atoms with Gasteiger partial charge >= 0.3 is 5.97 Å². The highest BCUT2D eigenvalue weighted by atomic mass is 79.9. The third-order valence-electron chi connectivity index (χ3n) is 2.55. The number of rotatable bonds is 5. The van der Waals surface area contributed by atoms with E-state index in [0.29, 0.717) is 5.56 Å². The monoisotopic (exact) mass is 351 g/mol. The van der Waals surface area contributed by atoms with Crippen molar-refractivity contribution in [1.82, 2.24) is 4.98 Å². The van der Waals surface area contributed by atoms with Gasteiger partial charge in [0.25, 0.3) is 0 Å². The van der Waals surface area contributed by atoms with E-state index in [9.17, 15) is 9.18 Å². The predicted octanol–water partition coefficient (Wildman–Crippen LogP) is 3.66. The molecule has 0 amide bonds. The molecule has 6 heteroatoms. The van der Waals surface area contributed by atoms with Crippen LogP contribution in [-0.4, -0.2) is 16.1 Å². The van der Waals surface area contributed by atoms with Gasteiger partial charge in [-0.15, -0.1) is 0 Å². The van der Waals surface area contributed by atoms with Crippen molar-refractivity contribution in [3.63, 3.8) is 0 Å². The zero-order valence-electron chi connectivity index (χ0n) is 10.8. The fourth-order valence-electron chi connectivity index (χ4n) is 1.66. The van der Waals surface area contributed by atoms with Crippen LogP contribution in [0.3, 0.4) is 0 Å². The molecule has 0 spiro atoms. The molecule has 0 fully saturated rings. The van der Waals surface area contributed by atoms with E-state index in [2.05, 4.69) is 20.9 Å². The van der Waals surface area contributed by atoms with E-state index in [1.807, 2.05) is 0 Å². The summed E-state index contributed by atoms with van der Waals surface area (Å²) in [6.45, 7) is 0.126. The van der Waals surface area contributed by atoms with Gasteiger partial charge in [0, 0.05) is 34.1 Å². The highest BCUT2D eigenvalue weighted by Gasteiger charge is 2.09. The molecule has 0 saturated carbocycles. The number of carboxylic acids is 1. The van der Waals surface area contributed by atoms with Crippen molar-refractivity contribution in [3.05, 3.63) is 64.2 Å². The molecule has 0 bridgehead atoms. The fourth-order valence-corrected chi connectivity index (χ4v) is 2.07.